The molecule has 2 atom stereocenters. The largest absolute Gasteiger partial charge is 0.218 e. The Balaban J connectivity index is 5.61. The lowest BCUT2D eigenvalue weighted by atomic mass is 10.1. The van der Waals surface area contributed by atoms with Crippen LogP contribution in [0.3, 0.4) is 0 Å². The molecule has 0 aliphatic heterocycles. The lowest BCUT2D eigenvalue weighted by Gasteiger charge is -2.32. The summed E-state index contributed by atoms with van der Waals surface area (Å²) >= 11 is 0. The Morgan fingerprint density at radius 1 is 0.375 bits per heavy atom. The van der Waals surface area contributed by atoms with Crippen molar-refractivity contribution in [3.63, 3.8) is 0 Å². The first-order valence-electron chi connectivity index (χ1n) is 18.6. The van der Waals surface area contributed by atoms with Gasteiger partial charge < -0.3 is 0 Å². The Kier molecular flexibility index (Phi) is 28.3. The van der Waals surface area contributed by atoms with Crippen LogP contribution in [0.25, 0.3) is 0 Å². The zero-order chi connectivity index (χ0) is 35.9. The Labute approximate surface area is 294 Å². The van der Waals surface area contributed by atoms with E-state index in [1.165, 1.54) is 22.5 Å². The normalized spacial score (nSPS) is 13.1. The molecule has 274 valence electrons. The highest BCUT2D eigenvalue weighted by molar-refractivity contribution is 7.93. The van der Waals surface area contributed by atoms with Crippen LogP contribution in [-0.4, -0.2) is 62.1 Å². The van der Waals surface area contributed by atoms with Gasteiger partial charge in [0, 0.05) is 51.9 Å². The molecular weight excluding hydrogens is 645 g/mol. The van der Waals surface area contributed by atoms with E-state index in [1.807, 2.05) is 0 Å². The Morgan fingerprint density at radius 2 is 0.562 bits per heavy atom. The van der Waals surface area contributed by atoms with Crippen LogP contribution in [0.4, 0.5) is 0 Å². The van der Waals surface area contributed by atoms with Gasteiger partial charge in [0.2, 0.25) is 20.0 Å². The number of rotatable bonds is 33. The molecule has 0 saturated carbocycles. The van der Waals surface area contributed by atoms with Crippen molar-refractivity contribution in [2.24, 2.45) is 0 Å². The number of unbranched alkanes of at least 4 members (excludes halogenated alkanes) is 20. The van der Waals surface area contributed by atoms with Gasteiger partial charge in [-0.25, -0.2) is 25.4 Å². The van der Waals surface area contributed by atoms with Gasteiger partial charge in [-0.15, -0.1) is 0 Å². The second kappa shape index (κ2) is 29.7. The van der Waals surface area contributed by atoms with Crippen LogP contribution >= 0.6 is 0 Å². The van der Waals surface area contributed by atoms with Crippen LogP contribution in [0, 0.1) is 45.3 Å². The Hall–Kier alpha value is -2.22. The first kappa shape index (κ1) is 45.8. The summed E-state index contributed by atoms with van der Waals surface area (Å²) in [5.74, 6) is 0. The second-order valence-corrected chi connectivity index (χ2v) is 17.6. The molecule has 12 heteroatoms. The molecule has 0 spiro atoms. The molecule has 0 aliphatic carbocycles. The van der Waals surface area contributed by atoms with E-state index in [-0.39, 0.29) is 0 Å². The lowest BCUT2D eigenvalue weighted by molar-refractivity contribution is 0.369. The van der Waals surface area contributed by atoms with Crippen molar-refractivity contribution < 1.29 is 16.8 Å². The summed E-state index contributed by atoms with van der Waals surface area (Å²) in [4.78, 5) is 0. The van der Waals surface area contributed by atoms with Crippen molar-refractivity contribution in [3.8, 4) is 24.3 Å². The quantitative estimate of drug-likeness (QED) is 0.0611. The van der Waals surface area contributed by atoms with E-state index in [4.69, 9.17) is 21.0 Å². The molecule has 0 radical (unpaired) electrons. The fourth-order valence-electron chi connectivity index (χ4n) is 5.78. The van der Waals surface area contributed by atoms with Gasteiger partial charge in [0.05, 0.1) is 34.8 Å². The molecule has 48 heavy (non-hydrogen) atoms. The third-order valence-corrected chi connectivity index (χ3v) is 14.1. The lowest BCUT2D eigenvalue weighted by Crippen LogP contribution is -2.49. The van der Waals surface area contributed by atoms with E-state index in [9.17, 15) is 16.8 Å². The summed E-state index contributed by atoms with van der Waals surface area (Å²) in [5.41, 5.74) is 0. The summed E-state index contributed by atoms with van der Waals surface area (Å²) in [7, 11) is -7.81. The van der Waals surface area contributed by atoms with Gasteiger partial charge in [0.1, 0.15) is 0 Å². The Morgan fingerprint density at radius 3 is 0.771 bits per heavy atom. The minimum atomic E-state index is -3.91. The molecule has 0 saturated heterocycles. The molecule has 0 N–H and O–H groups in total. The van der Waals surface area contributed by atoms with E-state index < -0.39 is 30.5 Å². The van der Waals surface area contributed by atoms with E-state index in [0.717, 1.165) is 103 Å². The highest BCUT2D eigenvalue weighted by Crippen LogP contribution is 2.24. The van der Waals surface area contributed by atoms with Gasteiger partial charge in [0.15, 0.2) is 0 Å². The van der Waals surface area contributed by atoms with Crippen molar-refractivity contribution >= 4 is 20.0 Å². The number of sulfonamides is 2. The minimum absolute atomic E-state index is 0.355. The van der Waals surface area contributed by atoms with Crippen LogP contribution < -0.4 is 0 Å². The highest BCUT2D eigenvalue weighted by Gasteiger charge is 2.40. The maximum Gasteiger partial charge on any atom is 0.218 e. The molecule has 0 fully saturated rings. The van der Waals surface area contributed by atoms with Crippen molar-refractivity contribution in [1.82, 2.24) is 8.61 Å². The van der Waals surface area contributed by atoms with Gasteiger partial charge in [-0.2, -0.15) is 21.0 Å². The molecule has 2 unspecified atom stereocenters. The van der Waals surface area contributed by atoms with E-state index in [0.29, 0.717) is 77.5 Å². The molecule has 0 bridgehead atoms. The van der Waals surface area contributed by atoms with Gasteiger partial charge >= 0.3 is 0 Å². The summed E-state index contributed by atoms with van der Waals surface area (Å²) in [5, 5.41) is 32.8. The van der Waals surface area contributed by atoms with Gasteiger partial charge in [-0.1, -0.05) is 77.0 Å². The summed E-state index contributed by atoms with van der Waals surface area (Å²) in [6.07, 6.45) is 19.1. The van der Waals surface area contributed by atoms with Crippen LogP contribution in [0.5, 0.6) is 0 Å². The SMILES string of the molecule is CC(C(C)S(=O)(=O)N(CCCCCCCC#N)CCCCCCCC#N)S(=O)(=O)N(CCCCCCCC#N)CCCCCCCC#N. The third kappa shape index (κ3) is 21.0. The van der Waals surface area contributed by atoms with Crippen LogP contribution in [0.1, 0.15) is 168 Å². The van der Waals surface area contributed by atoms with E-state index in [1.54, 1.807) is 0 Å². The maximum atomic E-state index is 14.0. The molecule has 0 aromatic heterocycles. The molecule has 0 rings (SSSR count). The predicted molar refractivity (Wildman–Crippen MR) is 193 cm³/mol. The monoisotopic (exact) mass is 708 g/mol. The Bertz CT molecular complexity index is 1050. The number of nitrogens with zero attached hydrogens (tertiary/aromatic N) is 6. The van der Waals surface area contributed by atoms with Crippen LogP contribution in [0.15, 0.2) is 0 Å². The van der Waals surface area contributed by atoms with Crippen molar-refractivity contribution in [2.45, 2.75) is 178 Å². The molecule has 0 amide bonds. The third-order valence-electron chi connectivity index (χ3n) is 9.10. The fourth-order valence-corrected chi connectivity index (χ4v) is 10.1. The molecule has 0 aliphatic rings. The number of hydrogen-bond donors (Lipinski definition) is 0. The zero-order valence-corrected chi connectivity index (χ0v) is 31.7. The van der Waals surface area contributed by atoms with Gasteiger partial charge in [-0.05, 0) is 65.2 Å². The number of nitriles is 4. The standard InChI is InChI=1S/C36H64N6O4S2/c1-35(47(43,44)41(31-23-15-7-3-11-19-27-37)32-24-16-8-4-12-20-28-38)36(2)48(45,46)42(33-25-17-9-5-13-21-29-39)34-26-18-10-6-14-22-30-40/h35-36H,3-26,31-34H2,1-2H3. The summed E-state index contributed by atoms with van der Waals surface area (Å²) < 4.78 is 59.2. The summed E-state index contributed by atoms with van der Waals surface area (Å²) in [6.45, 7) is 4.50. The minimum Gasteiger partial charge on any atom is -0.212 e. The maximum absolute atomic E-state index is 14.0. The molecule has 0 aromatic carbocycles. The predicted octanol–water partition coefficient (Wildman–Crippen LogP) is 8.48. The first-order valence-corrected chi connectivity index (χ1v) is 21.6. The fraction of sp³-hybridized carbons (Fsp3) is 0.889. The smallest absolute Gasteiger partial charge is 0.212 e. The first-order chi connectivity index (χ1) is 23.1. The van der Waals surface area contributed by atoms with Crippen molar-refractivity contribution in [3.05, 3.63) is 0 Å². The average molecular weight is 709 g/mol. The summed E-state index contributed by atoms with van der Waals surface area (Å²) in [6, 6.07) is 8.62. The zero-order valence-electron chi connectivity index (χ0n) is 30.1. The van der Waals surface area contributed by atoms with Gasteiger partial charge in [-0.3, -0.25) is 0 Å². The highest BCUT2D eigenvalue weighted by atomic mass is 32.2. The van der Waals surface area contributed by atoms with Crippen LogP contribution in [0.2, 0.25) is 0 Å². The van der Waals surface area contributed by atoms with E-state index >= 15 is 0 Å². The van der Waals surface area contributed by atoms with Gasteiger partial charge in [0.25, 0.3) is 0 Å². The molecule has 0 aromatic rings. The second-order valence-electron chi connectivity index (χ2n) is 13.0. The molecule has 0 heterocycles. The average Bonchev–Trinajstić information content (AvgIpc) is 3.07. The van der Waals surface area contributed by atoms with Crippen molar-refractivity contribution in [2.75, 3.05) is 26.2 Å². The number of hydrogen-bond acceptors (Lipinski definition) is 8. The molecular formula is C36H64N6O4S2. The van der Waals surface area contributed by atoms with E-state index in [2.05, 4.69) is 24.3 Å². The molecule has 10 nitrogen and oxygen atoms in total. The van der Waals surface area contributed by atoms with Crippen LogP contribution in [-0.2, 0) is 20.0 Å². The van der Waals surface area contributed by atoms with Crippen molar-refractivity contribution in [1.29, 1.82) is 21.0 Å². The topological polar surface area (TPSA) is 170 Å².